The Balaban J connectivity index is 3.55. The Morgan fingerprint density at radius 2 is 1.80 bits per heavy atom. The van der Waals surface area contributed by atoms with Crippen LogP contribution in [-0.4, -0.2) is 23.7 Å². The van der Waals surface area contributed by atoms with Crippen LogP contribution in [0.1, 0.15) is 5.56 Å². The van der Waals surface area contributed by atoms with E-state index in [0.717, 1.165) is 7.11 Å². The Kier molecular flexibility index (Phi) is 4.39. The van der Waals surface area contributed by atoms with E-state index in [1.165, 1.54) is 5.48 Å². The number of quaternary nitrogens is 1. The van der Waals surface area contributed by atoms with Gasteiger partial charge in [-0.25, -0.2) is 5.21 Å². The van der Waals surface area contributed by atoms with Crippen LogP contribution in [0.15, 0.2) is 12.1 Å². The van der Waals surface area contributed by atoms with Crippen LogP contribution in [0.2, 0.25) is 0 Å². The van der Waals surface area contributed by atoms with Crippen LogP contribution in [0.4, 0.5) is 33.3 Å². The SMILES string of the molecule is COc1c(NO)cc(C(F)(F)C(F)(F)F)cc1[NH+]([O-])O. The smallest absolute Gasteiger partial charge is 0.458 e. The molecule has 0 aromatic heterocycles. The highest BCUT2D eigenvalue weighted by molar-refractivity contribution is 5.67. The molecule has 1 aromatic rings. The predicted octanol–water partition coefficient (Wildman–Crippen LogP) is 1.55. The molecular weight excluding hydrogens is 295 g/mol. The summed E-state index contributed by atoms with van der Waals surface area (Å²) in [5, 5.41) is 26.6. The lowest BCUT2D eigenvalue weighted by Gasteiger charge is -2.23. The molecule has 0 amide bonds. The van der Waals surface area contributed by atoms with Crippen LogP contribution in [0.3, 0.4) is 0 Å². The highest BCUT2D eigenvalue weighted by Gasteiger charge is 2.59. The average Bonchev–Trinajstić information content (AvgIpc) is 2.35. The van der Waals surface area contributed by atoms with Crippen molar-refractivity contribution in [3.63, 3.8) is 0 Å². The Morgan fingerprint density at radius 3 is 2.15 bits per heavy atom. The number of benzene rings is 1. The summed E-state index contributed by atoms with van der Waals surface area (Å²) in [4.78, 5) is 0. The van der Waals surface area contributed by atoms with Gasteiger partial charge in [0.05, 0.1) is 7.11 Å². The van der Waals surface area contributed by atoms with E-state index >= 15 is 0 Å². The van der Waals surface area contributed by atoms with E-state index in [0.29, 0.717) is 0 Å². The first-order valence-electron chi connectivity index (χ1n) is 4.86. The van der Waals surface area contributed by atoms with Crippen LogP contribution in [-0.2, 0) is 5.92 Å². The van der Waals surface area contributed by atoms with Crippen LogP contribution in [0.25, 0.3) is 0 Å². The highest BCUT2D eigenvalue weighted by Crippen LogP contribution is 2.46. The van der Waals surface area contributed by atoms with E-state index in [2.05, 4.69) is 4.74 Å². The molecule has 4 N–H and O–H groups in total. The van der Waals surface area contributed by atoms with Crippen molar-refractivity contribution >= 4 is 11.4 Å². The molecule has 1 aromatic carbocycles. The first-order chi connectivity index (χ1) is 9.06. The van der Waals surface area contributed by atoms with E-state index in [9.17, 15) is 27.2 Å². The Bertz CT molecular complexity index is 492. The number of rotatable bonds is 4. The molecule has 0 aliphatic rings. The second kappa shape index (κ2) is 5.36. The molecule has 11 heteroatoms. The Hall–Kier alpha value is -1.69. The fraction of sp³-hybridized carbons (Fsp3) is 0.333. The lowest BCUT2D eigenvalue weighted by molar-refractivity contribution is -0.991. The van der Waals surface area contributed by atoms with Gasteiger partial charge in [0, 0.05) is 11.6 Å². The predicted molar refractivity (Wildman–Crippen MR) is 54.1 cm³/mol. The molecule has 0 heterocycles. The molecular formula is C9H9F5N2O4. The number of halogens is 5. The van der Waals surface area contributed by atoms with Gasteiger partial charge in [-0.3, -0.25) is 10.7 Å². The maximum atomic E-state index is 13.2. The number of methoxy groups -OCH3 is 1. The van der Waals surface area contributed by atoms with E-state index in [1.807, 2.05) is 0 Å². The van der Waals surface area contributed by atoms with Crippen molar-refractivity contribution in [1.82, 2.24) is 0 Å². The zero-order valence-electron chi connectivity index (χ0n) is 9.76. The molecule has 0 aliphatic carbocycles. The molecule has 0 aliphatic heterocycles. The van der Waals surface area contributed by atoms with Crippen LogP contribution in [0, 0.1) is 5.21 Å². The van der Waals surface area contributed by atoms with E-state index < -0.39 is 40.0 Å². The fourth-order valence-electron chi connectivity index (χ4n) is 1.44. The monoisotopic (exact) mass is 304 g/mol. The van der Waals surface area contributed by atoms with Gasteiger partial charge in [0.1, 0.15) is 5.69 Å². The fourth-order valence-corrected chi connectivity index (χ4v) is 1.44. The standard InChI is InChI=1S/C9H9F5N2O4/c1-20-7-5(15-17)2-4(3-6(7)16(18)19)8(10,11)9(12,13)14/h2-3,15-18H,1H3. The van der Waals surface area contributed by atoms with Crippen molar-refractivity contribution < 1.29 is 42.3 Å². The molecule has 0 bridgehead atoms. The third-order valence-corrected chi connectivity index (χ3v) is 2.36. The summed E-state index contributed by atoms with van der Waals surface area (Å²) in [7, 11) is 0.962. The summed E-state index contributed by atoms with van der Waals surface area (Å²) in [6, 6.07) is 0.383. The number of anilines is 1. The molecule has 1 atom stereocenters. The first kappa shape index (κ1) is 16.4. The van der Waals surface area contributed by atoms with Gasteiger partial charge in [0.15, 0.2) is 0 Å². The highest BCUT2D eigenvalue weighted by atomic mass is 19.4. The minimum absolute atomic E-state index is 0.134. The van der Waals surface area contributed by atoms with Gasteiger partial charge in [0.2, 0.25) is 11.4 Å². The molecule has 0 saturated heterocycles. The zero-order chi connectivity index (χ0) is 15.7. The third-order valence-electron chi connectivity index (χ3n) is 2.36. The maximum absolute atomic E-state index is 13.2. The quantitative estimate of drug-likeness (QED) is 0.501. The van der Waals surface area contributed by atoms with Gasteiger partial charge in [-0.1, -0.05) is 0 Å². The van der Waals surface area contributed by atoms with Crippen LogP contribution >= 0.6 is 0 Å². The number of alkyl halides is 5. The lowest BCUT2D eigenvalue weighted by Crippen LogP contribution is -2.99. The van der Waals surface area contributed by atoms with Gasteiger partial charge < -0.3 is 9.94 Å². The number of hydrogen-bond acceptors (Lipinski definition) is 5. The molecule has 0 spiro atoms. The van der Waals surface area contributed by atoms with Gasteiger partial charge in [-0.2, -0.15) is 27.2 Å². The molecule has 6 nitrogen and oxygen atoms in total. The molecule has 114 valence electrons. The zero-order valence-corrected chi connectivity index (χ0v) is 9.76. The summed E-state index contributed by atoms with van der Waals surface area (Å²) in [5.41, 5.74) is -2.01. The summed E-state index contributed by atoms with van der Waals surface area (Å²) in [6.45, 7) is 0. The van der Waals surface area contributed by atoms with Gasteiger partial charge in [0.25, 0.3) is 0 Å². The number of hydrogen-bond donors (Lipinski definition) is 4. The van der Waals surface area contributed by atoms with Crippen molar-refractivity contribution in [3.8, 4) is 5.75 Å². The van der Waals surface area contributed by atoms with Crippen molar-refractivity contribution in [2.45, 2.75) is 12.1 Å². The number of nitrogens with one attached hydrogen (secondary N) is 2. The van der Waals surface area contributed by atoms with Crippen molar-refractivity contribution in [2.24, 2.45) is 0 Å². The normalized spacial score (nSPS) is 14.1. The van der Waals surface area contributed by atoms with Crippen LogP contribution < -0.4 is 15.4 Å². The van der Waals surface area contributed by atoms with Gasteiger partial charge in [-0.15, -0.1) is 0 Å². The Labute approximate surface area is 108 Å². The summed E-state index contributed by atoms with van der Waals surface area (Å²) < 4.78 is 67.7. The summed E-state index contributed by atoms with van der Waals surface area (Å²) in [5.74, 6) is -5.86. The molecule has 20 heavy (non-hydrogen) atoms. The van der Waals surface area contributed by atoms with Crippen molar-refractivity contribution in [1.29, 1.82) is 0 Å². The number of ether oxygens (including phenoxy) is 1. The van der Waals surface area contributed by atoms with Crippen molar-refractivity contribution in [3.05, 3.63) is 22.9 Å². The first-order valence-corrected chi connectivity index (χ1v) is 4.86. The largest absolute Gasteiger partial charge is 0.595 e. The van der Waals surface area contributed by atoms with Crippen LogP contribution in [0.5, 0.6) is 5.75 Å². The van der Waals surface area contributed by atoms with Gasteiger partial charge >= 0.3 is 12.1 Å². The molecule has 1 rings (SSSR count). The topological polar surface area (TPSA) is 89.2 Å². The molecule has 0 saturated carbocycles. The molecule has 0 fully saturated rings. The van der Waals surface area contributed by atoms with Gasteiger partial charge in [-0.05, 0) is 6.07 Å². The summed E-state index contributed by atoms with van der Waals surface area (Å²) in [6.07, 6.45) is -5.91. The second-order valence-electron chi connectivity index (χ2n) is 3.59. The van der Waals surface area contributed by atoms with E-state index in [4.69, 9.17) is 10.4 Å². The van der Waals surface area contributed by atoms with E-state index in [1.54, 1.807) is 0 Å². The minimum atomic E-state index is -5.91. The molecule has 0 radical (unpaired) electrons. The summed E-state index contributed by atoms with van der Waals surface area (Å²) >= 11 is 0. The van der Waals surface area contributed by atoms with Crippen molar-refractivity contribution in [2.75, 3.05) is 12.6 Å². The third kappa shape index (κ3) is 2.75. The van der Waals surface area contributed by atoms with E-state index in [-0.39, 0.29) is 12.1 Å². The Morgan fingerprint density at radius 1 is 1.25 bits per heavy atom. The minimum Gasteiger partial charge on any atom is -0.595 e. The average molecular weight is 304 g/mol. The lowest BCUT2D eigenvalue weighted by atomic mass is 10.1. The second-order valence-corrected chi connectivity index (χ2v) is 3.59. The molecule has 1 unspecified atom stereocenters. The maximum Gasteiger partial charge on any atom is 0.458 e.